The standard InChI is InChI=1S/C11H21NO3/c1-3-10(11(14)15-4-2)12-7-5-6-9(13)8-12/h9-10,13H,3-8H2,1-2H3. The molecular formula is C11H21NO3. The molecule has 4 nitrogen and oxygen atoms in total. The van der Waals surface area contributed by atoms with Crippen LogP contribution in [0.5, 0.6) is 0 Å². The lowest BCUT2D eigenvalue weighted by atomic mass is 10.0. The summed E-state index contributed by atoms with van der Waals surface area (Å²) in [4.78, 5) is 13.7. The normalized spacial score (nSPS) is 24.9. The van der Waals surface area contributed by atoms with Crippen LogP contribution in [0, 0.1) is 0 Å². The highest BCUT2D eigenvalue weighted by Gasteiger charge is 2.29. The molecule has 0 saturated carbocycles. The number of β-amino-alcohol motifs (C(OH)–C–C–N with tert-alkyl or cyclic N) is 1. The number of piperidine rings is 1. The van der Waals surface area contributed by atoms with Gasteiger partial charge in [-0.15, -0.1) is 0 Å². The summed E-state index contributed by atoms with van der Waals surface area (Å²) in [6.07, 6.45) is 2.25. The Labute approximate surface area is 91.2 Å². The highest BCUT2D eigenvalue weighted by atomic mass is 16.5. The number of hydrogen-bond donors (Lipinski definition) is 1. The van der Waals surface area contributed by atoms with Crippen molar-refractivity contribution in [3.8, 4) is 0 Å². The van der Waals surface area contributed by atoms with E-state index < -0.39 is 0 Å². The van der Waals surface area contributed by atoms with Crippen molar-refractivity contribution in [1.82, 2.24) is 4.90 Å². The number of nitrogens with zero attached hydrogens (tertiary/aromatic N) is 1. The monoisotopic (exact) mass is 215 g/mol. The van der Waals surface area contributed by atoms with Gasteiger partial charge in [-0.1, -0.05) is 6.92 Å². The lowest BCUT2D eigenvalue weighted by Crippen LogP contribution is -2.48. The Bertz CT molecular complexity index is 208. The molecule has 1 aliphatic rings. The molecule has 0 aliphatic carbocycles. The number of ether oxygens (including phenoxy) is 1. The highest BCUT2D eigenvalue weighted by molar-refractivity contribution is 5.75. The van der Waals surface area contributed by atoms with Gasteiger partial charge in [0.1, 0.15) is 6.04 Å². The smallest absolute Gasteiger partial charge is 0.323 e. The lowest BCUT2D eigenvalue weighted by molar-refractivity contribution is -0.150. The van der Waals surface area contributed by atoms with Crippen LogP contribution in [-0.4, -0.2) is 47.8 Å². The van der Waals surface area contributed by atoms with Crippen molar-refractivity contribution in [2.24, 2.45) is 0 Å². The molecule has 0 aromatic rings. The van der Waals surface area contributed by atoms with Crippen LogP contribution in [0.1, 0.15) is 33.1 Å². The Morgan fingerprint density at radius 2 is 2.33 bits per heavy atom. The summed E-state index contributed by atoms with van der Waals surface area (Å²) in [5, 5.41) is 9.54. The van der Waals surface area contributed by atoms with Crippen LogP contribution < -0.4 is 0 Å². The van der Waals surface area contributed by atoms with Gasteiger partial charge in [0.2, 0.25) is 0 Å². The quantitative estimate of drug-likeness (QED) is 0.704. The van der Waals surface area contributed by atoms with E-state index in [9.17, 15) is 9.90 Å². The van der Waals surface area contributed by atoms with E-state index >= 15 is 0 Å². The molecule has 0 aromatic carbocycles. The van der Waals surface area contributed by atoms with E-state index in [4.69, 9.17) is 4.74 Å². The van der Waals surface area contributed by atoms with Gasteiger partial charge in [0.15, 0.2) is 0 Å². The van der Waals surface area contributed by atoms with Crippen LogP contribution in [-0.2, 0) is 9.53 Å². The van der Waals surface area contributed by atoms with Gasteiger partial charge < -0.3 is 9.84 Å². The van der Waals surface area contributed by atoms with Crippen molar-refractivity contribution in [2.75, 3.05) is 19.7 Å². The molecule has 0 spiro atoms. The molecule has 1 saturated heterocycles. The molecule has 2 atom stereocenters. The summed E-state index contributed by atoms with van der Waals surface area (Å²) in [5.41, 5.74) is 0. The number of rotatable bonds is 4. The van der Waals surface area contributed by atoms with E-state index in [1.54, 1.807) is 0 Å². The van der Waals surface area contributed by atoms with Crippen LogP contribution in [0.2, 0.25) is 0 Å². The Kier molecular flexibility index (Phi) is 5.05. The fraction of sp³-hybridized carbons (Fsp3) is 0.909. The van der Waals surface area contributed by atoms with Crippen molar-refractivity contribution in [3.63, 3.8) is 0 Å². The van der Waals surface area contributed by atoms with Crippen molar-refractivity contribution < 1.29 is 14.6 Å². The predicted octanol–water partition coefficient (Wildman–Crippen LogP) is 0.785. The maximum absolute atomic E-state index is 11.6. The Hall–Kier alpha value is -0.610. The van der Waals surface area contributed by atoms with Crippen LogP contribution in [0.15, 0.2) is 0 Å². The second kappa shape index (κ2) is 6.08. The van der Waals surface area contributed by atoms with Crippen molar-refractivity contribution in [2.45, 2.75) is 45.3 Å². The first-order valence-corrected chi connectivity index (χ1v) is 5.77. The molecule has 0 radical (unpaired) electrons. The zero-order valence-corrected chi connectivity index (χ0v) is 9.61. The summed E-state index contributed by atoms with van der Waals surface area (Å²) in [5.74, 6) is -0.158. The number of aliphatic hydroxyl groups is 1. The Morgan fingerprint density at radius 3 is 2.87 bits per heavy atom. The van der Waals surface area contributed by atoms with Crippen LogP contribution in [0.4, 0.5) is 0 Å². The van der Waals surface area contributed by atoms with Gasteiger partial charge in [-0.3, -0.25) is 9.69 Å². The fourth-order valence-corrected chi connectivity index (χ4v) is 2.08. The van der Waals surface area contributed by atoms with E-state index in [0.717, 1.165) is 25.8 Å². The van der Waals surface area contributed by atoms with Gasteiger partial charge in [0, 0.05) is 6.54 Å². The zero-order valence-electron chi connectivity index (χ0n) is 9.61. The number of carbonyl (C=O) groups is 1. The predicted molar refractivity (Wildman–Crippen MR) is 57.5 cm³/mol. The first kappa shape index (κ1) is 12.5. The third-order valence-electron chi connectivity index (χ3n) is 2.81. The molecular weight excluding hydrogens is 194 g/mol. The third-order valence-corrected chi connectivity index (χ3v) is 2.81. The first-order valence-electron chi connectivity index (χ1n) is 5.77. The third kappa shape index (κ3) is 3.47. The largest absolute Gasteiger partial charge is 0.465 e. The minimum atomic E-state index is -0.290. The molecule has 4 heteroatoms. The van der Waals surface area contributed by atoms with E-state index in [0.29, 0.717) is 13.2 Å². The van der Waals surface area contributed by atoms with E-state index in [1.807, 2.05) is 18.7 Å². The van der Waals surface area contributed by atoms with E-state index in [1.165, 1.54) is 0 Å². The zero-order chi connectivity index (χ0) is 11.3. The van der Waals surface area contributed by atoms with Crippen LogP contribution in [0.3, 0.4) is 0 Å². The molecule has 88 valence electrons. The number of hydrogen-bond acceptors (Lipinski definition) is 4. The number of esters is 1. The molecule has 0 bridgehead atoms. The average molecular weight is 215 g/mol. The van der Waals surface area contributed by atoms with Gasteiger partial charge in [-0.05, 0) is 32.7 Å². The molecule has 1 fully saturated rings. The maximum atomic E-state index is 11.6. The molecule has 1 rings (SSSR count). The van der Waals surface area contributed by atoms with E-state index in [-0.39, 0.29) is 18.1 Å². The minimum Gasteiger partial charge on any atom is -0.465 e. The van der Waals surface area contributed by atoms with Gasteiger partial charge in [0.05, 0.1) is 12.7 Å². The summed E-state index contributed by atoms with van der Waals surface area (Å²) in [7, 11) is 0. The molecule has 1 N–H and O–H groups in total. The maximum Gasteiger partial charge on any atom is 0.323 e. The number of aliphatic hydroxyl groups excluding tert-OH is 1. The Morgan fingerprint density at radius 1 is 1.60 bits per heavy atom. The summed E-state index contributed by atoms with van der Waals surface area (Å²) in [6, 6.07) is -0.181. The van der Waals surface area contributed by atoms with Gasteiger partial charge in [0.25, 0.3) is 0 Å². The summed E-state index contributed by atoms with van der Waals surface area (Å²) < 4.78 is 5.02. The molecule has 15 heavy (non-hydrogen) atoms. The lowest BCUT2D eigenvalue weighted by Gasteiger charge is -2.34. The van der Waals surface area contributed by atoms with Crippen molar-refractivity contribution >= 4 is 5.97 Å². The topological polar surface area (TPSA) is 49.8 Å². The molecule has 1 aliphatic heterocycles. The van der Waals surface area contributed by atoms with Gasteiger partial charge in [-0.25, -0.2) is 0 Å². The SMILES string of the molecule is CCOC(=O)C(CC)N1CCCC(O)C1. The number of likely N-dealkylation sites (tertiary alicyclic amines) is 1. The average Bonchev–Trinajstić information content (AvgIpc) is 2.19. The summed E-state index contributed by atoms with van der Waals surface area (Å²) >= 11 is 0. The van der Waals surface area contributed by atoms with E-state index in [2.05, 4.69) is 0 Å². The van der Waals surface area contributed by atoms with Gasteiger partial charge >= 0.3 is 5.97 Å². The first-order chi connectivity index (χ1) is 7.19. The Balaban J connectivity index is 2.52. The van der Waals surface area contributed by atoms with Crippen molar-refractivity contribution in [1.29, 1.82) is 0 Å². The minimum absolute atomic E-state index is 0.158. The second-order valence-electron chi connectivity index (χ2n) is 3.97. The number of carbonyl (C=O) groups excluding carboxylic acids is 1. The highest BCUT2D eigenvalue weighted by Crippen LogP contribution is 2.15. The molecule has 2 unspecified atom stereocenters. The van der Waals surface area contributed by atoms with Gasteiger partial charge in [-0.2, -0.15) is 0 Å². The fourth-order valence-electron chi connectivity index (χ4n) is 2.08. The molecule has 0 amide bonds. The second-order valence-corrected chi connectivity index (χ2v) is 3.97. The van der Waals surface area contributed by atoms with Crippen LogP contribution in [0.25, 0.3) is 0 Å². The van der Waals surface area contributed by atoms with Crippen LogP contribution >= 0.6 is 0 Å². The van der Waals surface area contributed by atoms with Crippen molar-refractivity contribution in [3.05, 3.63) is 0 Å². The summed E-state index contributed by atoms with van der Waals surface area (Å²) in [6.45, 7) is 5.69. The molecule has 0 aromatic heterocycles. The molecule has 1 heterocycles.